The average molecular weight is 417 g/mol. The van der Waals surface area contributed by atoms with Gasteiger partial charge in [0.15, 0.2) is 6.10 Å². The molecule has 1 fully saturated rings. The number of nitrogens with one attached hydrogen (secondary N) is 1. The molecule has 1 aliphatic rings. The number of aliphatic hydroxyl groups excluding tert-OH is 3. The minimum Gasteiger partial charge on any atom is -0.479 e. The Labute approximate surface area is 162 Å². The molecule has 0 saturated carbocycles. The summed E-state index contributed by atoms with van der Waals surface area (Å²) in [6.07, 6.45) is -10.7. The van der Waals surface area contributed by atoms with Gasteiger partial charge in [0.1, 0.15) is 36.4 Å². The molecule has 0 radical (unpaired) electrons. The smallest absolute Gasteiger partial charge is 0.479 e. The first-order valence-corrected chi connectivity index (χ1v) is 8.11. The Hall–Kier alpha value is -3.13. The lowest BCUT2D eigenvalue weighted by atomic mass is 9.99. The van der Waals surface area contributed by atoms with E-state index in [1.165, 1.54) is 18.2 Å². The van der Waals surface area contributed by atoms with Crippen LogP contribution in [0.25, 0.3) is 0 Å². The van der Waals surface area contributed by atoms with Crippen molar-refractivity contribution in [3.8, 4) is 5.75 Å². The summed E-state index contributed by atoms with van der Waals surface area (Å²) < 4.78 is 14.8. The van der Waals surface area contributed by atoms with Gasteiger partial charge in [0, 0.05) is 6.92 Å². The predicted molar refractivity (Wildman–Crippen MR) is 89.6 cm³/mol. The van der Waals surface area contributed by atoms with Gasteiger partial charge in [-0.25, -0.2) is 15.1 Å². The van der Waals surface area contributed by atoms with Crippen LogP contribution < -0.4 is 10.2 Å². The predicted octanol–water partition coefficient (Wildman–Crippen LogP) is -0.958. The van der Waals surface area contributed by atoms with E-state index in [0.717, 1.165) is 6.92 Å². The zero-order valence-electron chi connectivity index (χ0n) is 14.9. The molecule has 0 bridgehead atoms. The monoisotopic (exact) mass is 417 g/mol. The Morgan fingerprint density at radius 2 is 1.79 bits per heavy atom. The molecule has 2 rings (SSSR count). The summed E-state index contributed by atoms with van der Waals surface area (Å²) >= 11 is 0. The molecular weight excluding hydrogens is 398 g/mol. The van der Waals surface area contributed by atoms with Crippen molar-refractivity contribution in [3.63, 3.8) is 0 Å². The molecular formula is C16H19NO12. The molecule has 5 unspecified atom stereocenters. The van der Waals surface area contributed by atoms with E-state index in [-0.39, 0.29) is 18.0 Å². The van der Waals surface area contributed by atoms with Crippen LogP contribution >= 0.6 is 0 Å². The molecule has 0 aliphatic carbocycles. The van der Waals surface area contributed by atoms with Crippen molar-refractivity contribution in [2.45, 2.75) is 44.2 Å². The first-order chi connectivity index (χ1) is 13.6. The van der Waals surface area contributed by atoms with E-state index < -0.39 is 48.8 Å². The van der Waals surface area contributed by atoms with Crippen LogP contribution in [0.2, 0.25) is 0 Å². The second-order valence-corrected chi connectivity index (χ2v) is 5.93. The number of benzene rings is 1. The molecule has 29 heavy (non-hydrogen) atoms. The second kappa shape index (κ2) is 9.38. The first-order valence-electron chi connectivity index (χ1n) is 8.11. The van der Waals surface area contributed by atoms with E-state index >= 15 is 0 Å². The number of anilines is 1. The van der Waals surface area contributed by atoms with Gasteiger partial charge in [-0.3, -0.25) is 4.79 Å². The summed E-state index contributed by atoms with van der Waals surface area (Å²) in [4.78, 5) is 37.4. The lowest BCUT2D eigenvalue weighted by Crippen LogP contribution is -2.61. The number of hydrogen-bond donors (Lipinski definition) is 6. The highest BCUT2D eigenvalue weighted by Crippen LogP contribution is 2.31. The molecule has 1 saturated heterocycles. The van der Waals surface area contributed by atoms with Crippen molar-refractivity contribution in [1.29, 1.82) is 0 Å². The summed E-state index contributed by atoms with van der Waals surface area (Å²) in [5, 5.41) is 47.2. The Kier molecular flexibility index (Phi) is 7.17. The minimum absolute atomic E-state index is 0.0185. The van der Waals surface area contributed by atoms with Gasteiger partial charge in [-0.05, 0) is 17.7 Å². The Balaban J connectivity index is 2.25. The standard InChI is InChI=1S/C16H19NO12/c1-6(18)29-17-8-4-7(5-26-16(24)25)2-3-9(8)27-15-12(21)10(19)11(20)13(28-15)14(22)23/h2-4,10-13,15,17,19-21H,5H2,1H3,(H,22,23)(H,24,25). The highest BCUT2D eigenvalue weighted by atomic mass is 16.7. The van der Waals surface area contributed by atoms with E-state index in [2.05, 4.69) is 15.1 Å². The lowest BCUT2D eigenvalue weighted by Gasteiger charge is -2.38. The fraction of sp³-hybridized carbons (Fsp3) is 0.438. The Morgan fingerprint density at radius 1 is 1.10 bits per heavy atom. The molecule has 13 nitrogen and oxygen atoms in total. The number of carbonyl (C=O) groups is 3. The van der Waals surface area contributed by atoms with Gasteiger partial charge in [-0.2, -0.15) is 0 Å². The van der Waals surface area contributed by atoms with Crippen LogP contribution in [0.1, 0.15) is 12.5 Å². The number of rotatable bonds is 7. The first kappa shape index (κ1) is 22.2. The van der Waals surface area contributed by atoms with Crippen LogP contribution in [0.4, 0.5) is 10.5 Å². The van der Waals surface area contributed by atoms with E-state index in [1.54, 1.807) is 0 Å². The minimum atomic E-state index is -1.89. The van der Waals surface area contributed by atoms with E-state index in [9.17, 15) is 29.7 Å². The fourth-order valence-electron chi connectivity index (χ4n) is 2.40. The number of carboxylic acid groups (broad SMARTS) is 2. The maximum atomic E-state index is 11.2. The molecule has 1 aromatic carbocycles. The van der Waals surface area contributed by atoms with E-state index in [1.807, 2.05) is 0 Å². The Morgan fingerprint density at radius 3 is 2.38 bits per heavy atom. The lowest BCUT2D eigenvalue weighted by molar-refractivity contribution is -0.271. The molecule has 0 amide bonds. The van der Waals surface area contributed by atoms with Gasteiger partial charge in [0.2, 0.25) is 6.29 Å². The van der Waals surface area contributed by atoms with Crippen LogP contribution in [0.5, 0.6) is 5.75 Å². The van der Waals surface area contributed by atoms with Crippen LogP contribution in [-0.2, 0) is 30.5 Å². The van der Waals surface area contributed by atoms with Gasteiger partial charge in [0.05, 0.1) is 0 Å². The third-order valence-electron chi connectivity index (χ3n) is 3.77. The maximum Gasteiger partial charge on any atom is 0.506 e. The van der Waals surface area contributed by atoms with E-state index in [4.69, 9.17) is 19.7 Å². The molecule has 160 valence electrons. The largest absolute Gasteiger partial charge is 0.506 e. The van der Waals surface area contributed by atoms with Crippen molar-refractivity contribution < 1.29 is 59.0 Å². The number of carbonyl (C=O) groups excluding carboxylic acids is 1. The Bertz CT molecular complexity index is 768. The zero-order chi connectivity index (χ0) is 21.7. The summed E-state index contributed by atoms with van der Waals surface area (Å²) in [5.74, 6) is -2.42. The summed E-state index contributed by atoms with van der Waals surface area (Å²) in [6, 6.07) is 3.96. The van der Waals surface area contributed by atoms with Crippen molar-refractivity contribution in [2.24, 2.45) is 0 Å². The van der Waals surface area contributed by atoms with Crippen LogP contribution in [0, 0.1) is 0 Å². The molecule has 0 spiro atoms. The second-order valence-electron chi connectivity index (χ2n) is 5.93. The molecule has 1 aromatic rings. The third kappa shape index (κ3) is 5.68. The summed E-state index contributed by atoms with van der Waals surface area (Å²) in [6.45, 7) is 0.771. The van der Waals surface area contributed by atoms with Gasteiger partial charge < -0.3 is 44.6 Å². The summed E-state index contributed by atoms with van der Waals surface area (Å²) in [7, 11) is 0. The van der Waals surface area contributed by atoms with Gasteiger partial charge in [-0.1, -0.05) is 6.07 Å². The molecule has 5 atom stereocenters. The van der Waals surface area contributed by atoms with Crippen molar-refractivity contribution >= 4 is 23.8 Å². The molecule has 1 aliphatic heterocycles. The molecule has 0 aromatic heterocycles. The van der Waals surface area contributed by atoms with Crippen molar-refractivity contribution in [3.05, 3.63) is 23.8 Å². The normalized spacial score (nSPS) is 26.3. The highest BCUT2D eigenvalue weighted by molar-refractivity contribution is 5.73. The number of ether oxygens (including phenoxy) is 3. The fourth-order valence-corrected chi connectivity index (χ4v) is 2.40. The van der Waals surface area contributed by atoms with Crippen molar-refractivity contribution in [1.82, 2.24) is 0 Å². The molecule has 1 heterocycles. The highest BCUT2D eigenvalue weighted by Gasteiger charge is 2.48. The maximum absolute atomic E-state index is 11.2. The number of aliphatic carboxylic acids is 1. The third-order valence-corrected chi connectivity index (χ3v) is 3.77. The van der Waals surface area contributed by atoms with Gasteiger partial charge in [-0.15, -0.1) is 0 Å². The van der Waals surface area contributed by atoms with Crippen LogP contribution in [-0.4, -0.2) is 74.3 Å². The quantitative estimate of drug-likeness (QED) is 0.234. The topological polar surface area (TPSA) is 201 Å². The van der Waals surface area contributed by atoms with Gasteiger partial charge in [0.25, 0.3) is 0 Å². The number of hydrogen-bond acceptors (Lipinski definition) is 11. The van der Waals surface area contributed by atoms with Crippen molar-refractivity contribution in [2.75, 3.05) is 5.48 Å². The number of aliphatic hydroxyl groups is 3. The zero-order valence-corrected chi connectivity index (χ0v) is 14.9. The molecule has 6 N–H and O–H groups in total. The van der Waals surface area contributed by atoms with E-state index in [0.29, 0.717) is 5.56 Å². The average Bonchev–Trinajstić information content (AvgIpc) is 2.65. The van der Waals surface area contributed by atoms with Crippen LogP contribution in [0.3, 0.4) is 0 Å². The SMILES string of the molecule is CC(=O)ONc1cc(COC(=O)O)ccc1OC1OC(C(=O)O)C(O)C(O)C1O. The van der Waals surface area contributed by atoms with Crippen LogP contribution in [0.15, 0.2) is 18.2 Å². The van der Waals surface area contributed by atoms with Gasteiger partial charge >= 0.3 is 18.1 Å². The molecule has 13 heteroatoms. The summed E-state index contributed by atoms with van der Waals surface area (Å²) in [5.41, 5.74) is 2.57. The number of carboxylic acids is 1.